The summed E-state index contributed by atoms with van der Waals surface area (Å²) in [4.78, 5) is 23.8. The first-order valence-corrected chi connectivity index (χ1v) is 6.92. The first kappa shape index (κ1) is 13.0. The highest BCUT2D eigenvalue weighted by Gasteiger charge is 2.29. The van der Waals surface area contributed by atoms with Gasteiger partial charge in [-0.05, 0) is 31.9 Å². The van der Waals surface area contributed by atoms with E-state index >= 15 is 0 Å². The zero-order valence-corrected chi connectivity index (χ0v) is 11.0. The number of hydrogen-bond donors (Lipinski definition) is 2. The van der Waals surface area contributed by atoms with Crippen LogP contribution in [0.2, 0.25) is 0 Å². The molecule has 1 saturated carbocycles. The predicted octanol–water partition coefficient (Wildman–Crippen LogP) is 1.64. The van der Waals surface area contributed by atoms with Gasteiger partial charge in [-0.25, -0.2) is 0 Å². The van der Waals surface area contributed by atoms with Gasteiger partial charge in [0.25, 0.3) is 0 Å². The number of carbonyl (C=O) groups excluding carboxylic acids is 2. The lowest BCUT2D eigenvalue weighted by Gasteiger charge is -2.06. The Labute approximate surface area is 110 Å². The van der Waals surface area contributed by atoms with Crippen molar-refractivity contribution in [2.45, 2.75) is 24.7 Å². The van der Waals surface area contributed by atoms with Gasteiger partial charge in [-0.3, -0.25) is 20.4 Å². The smallest absolute Gasteiger partial charge is 0.248 e. The lowest BCUT2D eigenvalue weighted by Crippen LogP contribution is -2.43. The zero-order chi connectivity index (χ0) is 13.0. The van der Waals surface area contributed by atoms with Crippen LogP contribution in [0, 0.1) is 12.8 Å². The molecule has 0 aromatic heterocycles. The maximum Gasteiger partial charge on any atom is 0.248 e. The first-order valence-electron chi connectivity index (χ1n) is 5.93. The molecular formula is C13H16N2O2S. The number of hydrazine groups is 1. The number of carbonyl (C=O) groups is 2. The molecule has 5 heteroatoms. The van der Waals surface area contributed by atoms with E-state index in [1.165, 1.54) is 17.3 Å². The van der Waals surface area contributed by atoms with E-state index in [2.05, 4.69) is 10.9 Å². The number of amides is 2. The summed E-state index contributed by atoms with van der Waals surface area (Å²) in [5.41, 5.74) is 6.06. The van der Waals surface area contributed by atoms with E-state index in [1.54, 1.807) is 0 Å². The zero-order valence-electron chi connectivity index (χ0n) is 10.2. The minimum Gasteiger partial charge on any atom is -0.273 e. The van der Waals surface area contributed by atoms with Crippen LogP contribution in [0.1, 0.15) is 18.4 Å². The molecule has 2 N–H and O–H groups in total. The summed E-state index contributed by atoms with van der Waals surface area (Å²) in [6, 6.07) is 7.98. The molecule has 96 valence electrons. The highest BCUT2D eigenvalue weighted by molar-refractivity contribution is 8.00. The van der Waals surface area contributed by atoms with E-state index in [-0.39, 0.29) is 17.7 Å². The average Bonchev–Trinajstić information content (AvgIpc) is 3.19. The third-order valence-corrected chi connectivity index (χ3v) is 3.68. The first-order chi connectivity index (χ1) is 8.65. The van der Waals surface area contributed by atoms with Crippen LogP contribution in [0.4, 0.5) is 0 Å². The van der Waals surface area contributed by atoms with Gasteiger partial charge < -0.3 is 0 Å². The SMILES string of the molecule is Cc1ccc(SCC(=O)NNC(=O)C2CC2)cc1. The monoisotopic (exact) mass is 264 g/mol. The molecule has 0 saturated heterocycles. The number of thioether (sulfide) groups is 1. The lowest BCUT2D eigenvalue weighted by atomic mass is 10.2. The second kappa shape index (κ2) is 5.91. The Morgan fingerprint density at radius 3 is 2.50 bits per heavy atom. The maximum absolute atomic E-state index is 11.5. The molecule has 1 aromatic carbocycles. The quantitative estimate of drug-likeness (QED) is 0.642. The second-order valence-corrected chi connectivity index (χ2v) is 5.46. The van der Waals surface area contributed by atoms with Crippen LogP contribution >= 0.6 is 11.8 Å². The maximum atomic E-state index is 11.5. The van der Waals surface area contributed by atoms with Crippen molar-refractivity contribution < 1.29 is 9.59 Å². The molecule has 0 aliphatic heterocycles. The van der Waals surface area contributed by atoms with Crippen LogP contribution < -0.4 is 10.9 Å². The molecule has 2 amide bonds. The molecule has 1 aliphatic carbocycles. The average molecular weight is 264 g/mol. The Morgan fingerprint density at radius 1 is 1.22 bits per heavy atom. The Kier molecular flexibility index (Phi) is 4.25. The van der Waals surface area contributed by atoms with Gasteiger partial charge in [-0.2, -0.15) is 0 Å². The van der Waals surface area contributed by atoms with Gasteiger partial charge in [0.1, 0.15) is 0 Å². The molecule has 4 nitrogen and oxygen atoms in total. The highest BCUT2D eigenvalue weighted by Crippen LogP contribution is 2.28. The largest absolute Gasteiger partial charge is 0.273 e. The predicted molar refractivity (Wildman–Crippen MR) is 70.9 cm³/mol. The van der Waals surface area contributed by atoms with Crippen LogP contribution in [-0.2, 0) is 9.59 Å². The van der Waals surface area contributed by atoms with Crippen molar-refractivity contribution in [3.05, 3.63) is 29.8 Å². The Balaban J connectivity index is 1.67. The molecule has 2 rings (SSSR count). The van der Waals surface area contributed by atoms with Gasteiger partial charge >= 0.3 is 0 Å². The van der Waals surface area contributed by atoms with Gasteiger partial charge in [0.05, 0.1) is 5.75 Å². The van der Waals surface area contributed by atoms with Crippen molar-refractivity contribution >= 4 is 23.6 Å². The number of nitrogens with one attached hydrogen (secondary N) is 2. The summed E-state index contributed by atoms with van der Waals surface area (Å²) in [5, 5.41) is 0. The second-order valence-electron chi connectivity index (χ2n) is 4.41. The summed E-state index contributed by atoms with van der Waals surface area (Å²) < 4.78 is 0. The van der Waals surface area contributed by atoms with Crippen LogP contribution in [0.5, 0.6) is 0 Å². The molecule has 1 aliphatic rings. The summed E-state index contributed by atoms with van der Waals surface area (Å²) in [7, 11) is 0. The van der Waals surface area contributed by atoms with Crippen LogP contribution in [0.15, 0.2) is 29.2 Å². The number of aryl methyl sites for hydroxylation is 1. The number of hydrogen-bond acceptors (Lipinski definition) is 3. The molecule has 1 fully saturated rings. The summed E-state index contributed by atoms with van der Waals surface area (Å²) in [6.45, 7) is 2.02. The molecule has 1 aromatic rings. The van der Waals surface area contributed by atoms with Gasteiger partial charge in [0.15, 0.2) is 0 Å². The normalized spacial score (nSPS) is 14.1. The van der Waals surface area contributed by atoms with Gasteiger partial charge in [0.2, 0.25) is 11.8 Å². The van der Waals surface area contributed by atoms with Crippen molar-refractivity contribution in [3.63, 3.8) is 0 Å². The van der Waals surface area contributed by atoms with E-state index < -0.39 is 0 Å². The Hall–Kier alpha value is -1.49. The Bertz CT molecular complexity index is 441. The minimum atomic E-state index is -0.186. The third kappa shape index (κ3) is 4.07. The molecule has 0 heterocycles. The van der Waals surface area contributed by atoms with Crippen molar-refractivity contribution in [3.8, 4) is 0 Å². The fraction of sp³-hybridized carbons (Fsp3) is 0.385. The van der Waals surface area contributed by atoms with Crippen molar-refractivity contribution in [2.24, 2.45) is 5.92 Å². The van der Waals surface area contributed by atoms with Gasteiger partial charge in [-0.1, -0.05) is 17.7 Å². The van der Waals surface area contributed by atoms with Gasteiger partial charge in [0, 0.05) is 10.8 Å². The topological polar surface area (TPSA) is 58.2 Å². The van der Waals surface area contributed by atoms with E-state index in [9.17, 15) is 9.59 Å². The van der Waals surface area contributed by atoms with E-state index in [0.717, 1.165) is 17.7 Å². The van der Waals surface area contributed by atoms with E-state index in [1.807, 2.05) is 31.2 Å². The van der Waals surface area contributed by atoms with E-state index in [0.29, 0.717) is 5.75 Å². The van der Waals surface area contributed by atoms with Crippen LogP contribution in [0.3, 0.4) is 0 Å². The van der Waals surface area contributed by atoms with Crippen molar-refractivity contribution in [1.82, 2.24) is 10.9 Å². The van der Waals surface area contributed by atoms with Crippen LogP contribution in [0.25, 0.3) is 0 Å². The molecule has 0 radical (unpaired) electrons. The third-order valence-electron chi connectivity index (χ3n) is 2.66. The molecule has 18 heavy (non-hydrogen) atoms. The summed E-state index contributed by atoms with van der Waals surface area (Å²) in [6.07, 6.45) is 1.86. The van der Waals surface area contributed by atoms with Crippen molar-refractivity contribution in [1.29, 1.82) is 0 Å². The summed E-state index contributed by atoms with van der Waals surface area (Å²) >= 11 is 1.45. The standard InChI is InChI=1S/C13H16N2O2S/c1-9-2-6-11(7-3-9)18-8-12(16)14-15-13(17)10-4-5-10/h2-3,6-7,10H,4-5,8H2,1H3,(H,14,16)(H,15,17). The lowest BCUT2D eigenvalue weighted by molar-refractivity contribution is -0.128. The molecule has 0 spiro atoms. The highest BCUT2D eigenvalue weighted by atomic mass is 32.2. The fourth-order valence-corrected chi connectivity index (χ4v) is 2.10. The Morgan fingerprint density at radius 2 is 1.89 bits per heavy atom. The molecule has 0 atom stereocenters. The summed E-state index contributed by atoms with van der Waals surface area (Å²) in [5.74, 6) is 0.141. The number of rotatable bonds is 4. The number of benzene rings is 1. The van der Waals surface area contributed by atoms with E-state index in [4.69, 9.17) is 0 Å². The van der Waals surface area contributed by atoms with Gasteiger partial charge in [-0.15, -0.1) is 11.8 Å². The van der Waals surface area contributed by atoms with Crippen molar-refractivity contribution in [2.75, 3.05) is 5.75 Å². The fourth-order valence-electron chi connectivity index (χ4n) is 1.40. The molecule has 0 bridgehead atoms. The molecule has 0 unspecified atom stereocenters. The van der Waals surface area contributed by atoms with Crippen LogP contribution in [-0.4, -0.2) is 17.6 Å². The molecular weight excluding hydrogens is 248 g/mol. The minimum absolute atomic E-state index is 0.0799.